The number of urea groups is 1. The van der Waals surface area contributed by atoms with Crippen molar-refractivity contribution >= 4 is 41.1 Å². The minimum Gasteiger partial charge on any atom is -0.306 e. The van der Waals surface area contributed by atoms with Gasteiger partial charge in [0.15, 0.2) is 0 Å². The summed E-state index contributed by atoms with van der Waals surface area (Å²) in [6.07, 6.45) is 1.13. The van der Waals surface area contributed by atoms with Crippen LogP contribution in [0.1, 0.15) is 5.56 Å². The van der Waals surface area contributed by atoms with E-state index in [4.69, 9.17) is 23.2 Å². The van der Waals surface area contributed by atoms with Crippen molar-refractivity contribution in [3.05, 3.63) is 63.9 Å². The number of carbonyl (C=O) groups is 1. The summed E-state index contributed by atoms with van der Waals surface area (Å²) in [5.41, 5.74) is 2.82. The SMILES string of the molecule is O=C(N/N=C\c1c(F)cccc1Cl)Nc1cccc(Cl)c1. The third-order valence-corrected chi connectivity index (χ3v) is 3.01. The Morgan fingerprint density at radius 2 is 1.95 bits per heavy atom. The molecule has 0 saturated carbocycles. The number of nitrogens with zero attached hydrogens (tertiary/aromatic N) is 1. The molecule has 0 radical (unpaired) electrons. The van der Waals surface area contributed by atoms with Crippen molar-refractivity contribution in [2.24, 2.45) is 5.10 Å². The van der Waals surface area contributed by atoms with E-state index in [1.165, 1.54) is 18.2 Å². The molecule has 7 heteroatoms. The molecule has 108 valence electrons. The number of hydrogen-bond donors (Lipinski definition) is 2. The highest BCUT2D eigenvalue weighted by Gasteiger charge is 2.04. The summed E-state index contributed by atoms with van der Waals surface area (Å²) in [5.74, 6) is -0.525. The molecule has 0 bridgehead atoms. The molecule has 0 aliphatic rings. The number of rotatable bonds is 3. The molecule has 0 aliphatic carbocycles. The fraction of sp³-hybridized carbons (Fsp3) is 0. The fourth-order valence-corrected chi connectivity index (χ4v) is 1.92. The third-order valence-electron chi connectivity index (χ3n) is 2.44. The minimum atomic E-state index is -0.582. The zero-order valence-electron chi connectivity index (χ0n) is 10.6. The van der Waals surface area contributed by atoms with E-state index >= 15 is 0 Å². The van der Waals surface area contributed by atoms with Gasteiger partial charge in [-0.1, -0.05) is 35.3 Å². The lowest BCUT2D eigenvalue weighted by Crippen LogP contribution is -2.24. The standard InChI is InChI=1S/C14H10Cl2FN3O/c15-9-3-1-4-10(7-9)19-14(21)20-18-8-11-12(16)5-2-6-13(11)17/h1-8H,(H2,19,20,21)/b18-8-. The van der Waals surface area contributed by atoms with Crippen molar-refractivity contribution in [1.29, 1.82) is 0 Å². The van der Waals surface area contributed by atoms with E-state index in [0.717, 1.165) is 6.21 Å². The van der Waals surface area contributed by atoms with Crippen molar-refractivity contribution in [2.45, 2.75) is 0 Å². The Kier molecular flexibility index (Phi) is 5.14. The van der Waals surface area contributed by atoms with Crippen LogP contribution in [0.4, 0.5) is 14.9 Å². The van der Waals surface area contributed by atoms with Crippen molar-refractivity contribution in [1.82, 2.24) is 5.43 Å². The number of halogens is 3. The average molecular weight is 326 g/mol. The van der Waals surface area contributed by atoms with Crippen molar-refractivity contribution < 1.29 is 9.18 Å². The van der Waals surface area contributed by atoms with Crippen LogP contribution in [0.15, 0.2) is 47.6 Å². The van der Waals surface area contributed by atoms with Crippen LogP contribution >= 0.6 is 23.2 Å². The molecule has 0 aromatic heterocycles. The predicted octanol–water partition coefficient (Wildman–Crippen LogP) is 4.29. The maximum absolute atomic E-state index is 13.4. The predicted molar refractivity (Wildman–Crippen MR) is 82.6 cm³/mol. The third kappa shape index (κ3) is 4.44. The largest absolute Gasteiger partial charge is 0.339 e. The summed E-state index contributed by atoms with van der Waals surface area (Å²) in [6.45, 7) is 0. The lowest BCUT2D eigenvalue weighted by molar-refractivity contribution is 0.252. The van der Waals surface area contributed by atoms with Crippen LogP contribution in [0, 0.1) is 5.82 Å². The highest BCUT2D eigenvalue weighted by Crippen LogP contribution is 2.16. The van der Waals surface area contributed by atoms with Gasteiger partial charge in [0.1, 0.15) is 5.82 Å². The van der Waals surface area contributed by atoms with Gasteiger partial charge in [0.05, 0.1) is 11.2 Å². The molecule has 0 aliphatic heterocycles. The topological polar surface area (TPSA) is 53.5 Å². The maximum atomic E-state index is 13.4. The van der Waals surface area contributed by atoms with E-state index in [2.05, 4.69) is 15.8 Å². The highest BCUT2D eigenvalue weighted by atomic mass is 35.5. The van der Waals surface area contributed by atoms with Gasteiger partial charge >= 0.3 is 6.03 Å². The number of hydrogen-bond acceptors (Lipinski definition) is 2. The van der Waals surface area contributed by atoms with Crippen LogP contribution in [0.2, 0.25) is 10.0 Å². The van der Waals surface area contributed by atoms with Crippen LogP contribution in [-0.2, 0) is 0 Å². The number of nitrogens with one attached hydrogen (secondary N) is 2. The first-order valence-electron chi connectivity index (χ1n) is 5.86. The zero-order valence-corrected chi connectivity index (χ0v) is 12.1. The van der Waals surface area contributed by atoms with E-state index in [9.17, 15) is 9.18 Å². The molecule has 2 aromatic carbocycles. The van der Waals surface area contributed by atoms with E-state index < -0.39 is 11.8 Å². The Morgan fingerprint density at radius 1 is 1.19 bits per heavy atom. The van der Waals surface area contributed by atoms with Crippen LogP contribution < -0.4 is 10.7 Å². The smallest absolute Gasteiger partial charge is 0.306 e. The first-order valence-corrected chi connectivity index (χ1v) is 6.61. The molecule has 0 spiro atoms. The normalized spacial score (nSPS) is 10.6. The second-order valence-corrected chi connectivity index (χ2v) is 4.81. The molecule has 2 rings (SSSR count). The van der Waals surface area contributed by atoms with Crippen molar-refractivity contribution in [2.75, 3.05) is 5.32 Å². The van der Waals surface area contributed by atoms with Gasteiger partial charge in [0.25, 0.3) is 0 Å². The molecule has 0 unspecified atom stereocenters. The lowest BCUT2D eigenvalue weighted by atomic mass is 10.2. The Morgan fingerprint density at radius 3 is 2.67 bits per heavy atom. The first-order chi connectivity index (χ1) is 10.1. The number of anilines is 1. The second kappa shape index (κ2) is 7.06. The average Bonchev–Trinajstić information content (AvgIpc) is 2.42. The Hall–Kier alpha value is -2.11. The number of amides is 2. The van der Waals surface area contributed by atoms with Gasteiger partial charge in [0.2, 0.25) is 0 Å². The Bertz CT molecular complexity index is 671. The van der Waals surface area contributed by atoms with Crippen LogP contribution in [-0.4, -0.2) is 12.2 Å². The molecule has 2 amide bonds. The van der Waals surface area contributed by atoms with Crippen molar-refractivity contribution in [3.63, 3.8) is 0 Å². The number of carbonyl (C=O) groups excluding carboxylic acids is 1. The summed E-state index contributed by atoms with van der Waals surface area (Å²) in [4.78, 5) is 11.6. The molecule has 0 atom stereocenters. The molecule has 0 heterocycles. The highest BCUT2D eigenvalue weighted by molar-refractivity contribution is 6.33. The van der Waals surface area contributed by atoms with E-state index in [1.54, 1.807) is 24.3 Å². The monoisotopic (exact) mass is 325 g/mol. The molecular weight excluding hydrogens is 316 g/mol. The summed E-state index contributed by atoms with van der Waals surface area (Å²) in [5, 5.41) is 6.86. The number of benzene rings is 2. The molecule has 0 saturated heterocycles. The van der Waals surface area contributed by atoms with Gasteiger partial charge in [-0.25, -0.2) is 14.6 Å². The Labute approximate surface area is 130 Å². The molecule has 4 nitrogen and oxygen atoms in total. The van der Waals surface area contributed by atoms with Crippen molar-refractivity contribution in [3.8, 4) is 0 Å². The molecule has 21 heavy (non-hydrogen) atoms. The van der Waals surface area contributed by atoms with Crippen LogP contribution in [0.5, 0.6) is 0 Å². The Balaban J connectivity index is 1.96. The van der Waals surface area contributed by atoms with Gasteiger partial charge < -0.3 is 5.32 Å². The number of hydrazone groups is 1. The zero-order chi connectivity index (χ0) is 15.2. The van der Waals surface area contributed by atoms with Gasteiger partial charge in [-0.2, -0.15) is 5.10 Å². The minimum absolute atomic E-state index is 0.0993. The van der Waals surface area contributed by atoms with Gasteiger partial charge in [-0.3, -0.25) is 0 Å². The molecule has 2 aromatic rings. The maximum Gasteiger partial charge on any atom is 0.339 e. The molecule has 0 fully saturated rings. The van der Waals surface area contributed by atoms with E-state index in [-0.39, 0.29) is 10.6 Å². The van der Waals surface area contributed by atoms with Gasteiger partial charge in [-0.15, -0.1) is 0 Å². The summed E-state index contributed by atoms with van der Waals surface area (Å²) in [6, 6.07) is 10.3. The van der Waals surface area contributed by atoms with E-state index in [0.29, 0.717) is 10.7 Å². The quantitative estimate of drug-likeness (QED) is 0.642. The summed E-state index contributed by atoms with van der Waals surface area (Å²) >= 11 is 11.6. The van der Waals surface area contributed by atoms with E-state index in [1.807, 2.05) is 0 Å². The second-order valence-electron chi connectivity index (χ2n) is 3.97. The first kappa shape index (κ1) is 15.3. The molecular formula is C14H10Cl2FN3O. The summed E-state index contributed by atoms with van der Waals surface area (Å²) in [7, 11) is 0. The van der Waals surface area contributed by atoms with Gasteiger partial charge in [0, 0.05) is 16.3 Å². The molecule has 2 N–H and O–H groups in total. The van der Waals surface area contributed by atoms with Crippen LogP contribution in [0.25, 0.3) is 0 Å². The lowest BCUT2D eigenvalue weighted by Gasteiger charge is -2.04. The summed E-state index contributed by atoms with van der Waals surface area (Å²) < 4.78 is 13.4. The van der Waals surface area contributed by atoms with Crippen LogP contribution in [0.3, 0.4) is 0 Å². The van der Waals surface area contributed by atoms with Gasteiger partial charge in [-0.05, 0) is 30.3 Å². The fourth-order valence-electron chi connectivity index (χ4n) is 1.51.